The first-order valence-corrected chi connectivity index (χ1v) is 14.3. The van der Waals surface area contributed by atoms with Gasteiger partial charge in [-0.05, 0) is 56.0 Å². The van der Waals surface area contributed by atoms with E-state index < -0.39 is 6.04 Å². The fourth-order valence-corrected chi connectivity index (χ4v) is 5.65. The zero-order valence-electron chi connectivity index (χ0n) is 22.6. The lowest BCUT2D eigenvalue weighted by molar-refractivity contribution is -0.143. The number of aryl methyl sites for hydroxylation is 2. The summed E-state index contributed by atoms with van der Waals surface area (Å²) in [5, 5.41) is 4.13. The Kier molecular flexibility index (Phi) is 10.3. The molecule has 4 rings (SSSR count). The fourth-order valence-electron chi connectivity index (χ4n) is 5.14. The zero-order valence-corrected chi connectivity index (χ0v) is 24.1. The Hall–Kier alpha value is -3.02. The summed E-state index contributed by atoms with van der Waals surface area (Å²) in [4.78, 5) is 29.3. The van der Waals surface area contributed by atoms with Crippen LogP contribution in [0.1, 0.15) is 54.4 Å². The first kappa shape index (κ1) is 29.0. The van der Waals surface area contributed by atoms with Crippen LogP contribution in [0.15, 0.2) is 66.7 Å². The van der Waals surface area contributed by atoms with Crippen molar-refractivity contribution < 1.29 is 14.3 Å². The molecule has 0 heterocycles. The van der Waals surface area contributed by atoms with Crippen molar-refractivity contribution in [3.63, 3.8) is 0 Å². The summed E-state index contributed by atoms with van der Waals surface area (Å²) in [5.41, 5.74) is 3.62. The second kappa shape index (κ2) is 13.9. The van der Waals surface area contributed by atoms with Gasteiger partial charge in [0.1, 0.15) is 11.8 Å². The molecule has 1 fully saturated rings. The van der Waals surface area contributed by atoms with Gasteiger partial charge in [-0.3, -0.25) is 9.59 Å². The summed E-state index contributed by atoms with van der Waals surface area (Å²) in [6.07, 6.45) is 5.63. The monoisotopic (exact) mass is 566 g/mol. The van der Waals surface area contributed by atoms with Gasteiger partial charge in [-0.2, -0.15) is 0 Å². The van der Waals surface area contributed by atoms with Gasteiger partial charge in [0.25, 0.3) is 5.91 Å². The molecule has 0 unspecified atom stereocenters. The van der Waals surface area contributed by atoms with Gasteiger partial charge in [-0.1, -0.05) is 96.6 Å². The molecule has 1 N–H and O–H groups in total. The van der Waals surface area contributed by atoms with Gasteiger partial charge in [0.15, 0.2) is 6.61 Å². The number of carbonyl (C=O) groups excluding carboxylic acids is 2. The smallest absolute Gasteiger partial charge is 0.261 e. The number of hydrogen-bond acceptors (Lipinski definition) is 3. The van der Waals surface area contributed by atoms with E-state index >= 15 is 0 Å². The van der Waals surface area contributed by atoms with Gasteiger partial charge < -0.3 is 15.0 Å². The van der Waals surface area contributed by atoms with E-state index in [0.29, 0.717) is 27.8 Å². The van der Waals surface area contributed by atoms with Crippen LogP contribution >= 0.6 is 23.2 Å². The summed E-state index contributed by atoms with van der Waals surface area (Å²) in [5.74, 6) is 0.149. The molecule has 0 radical (unpaired) electrons. The summed E-state index contributed by atoms with van der Waals surface area (Å²) in [7, 11) is 0. The summed E-state index contributed by atoms with van der Waals surface area (Å²) >= 11 is 13.1. The number of benzene rings is 3. The lowest BCUT2D eigenvalue weighted by Crippen LogP contribution is -2.53. The summed E-state index contributed by atoms with van der Waals surface area (Å²) in [6, 6.07) is 20.2. The third kappa shape index (κ3) is 8.00. The highest BCUT2D eigenvalue weighted by atomic mass is 35.5. The van der Waals surface area contributed by atoms with Gasteiger partial charge in [-0.25, -0.2) is 0 Å². The van der Waals surface area contributed by atoms with Gasteiger partial charge >= 0.3 is 0 Å². The number of hydrogen-bond donors (Lipinski definition) is 1. The Labute approximate surface area is 241 Å². The van der Waals surface area contributed by atoms with E-state index in [0.717, 1.165) is 42.4 Å². The molecule has 3 aromatic rings. The number of carbonyl (C=O) groups is 2. The third-order valence-corrected chi connectivity index (χ3v) is 8.00. The fraction of sp³-hybridized carbons (Fsp3) is 0.375. The van der Waals surface area contributed by atoms with E-state index in [1.807, 2.05) is 62.4 Å². The second-order valence-electron chi connectivity index (χ2n) is 10.3. The van der Waals surface area contributed by atoms with Crippen LogP contribution in [0.25, 0.3) is 0 Å². The largest absolute Gasteiger partial charge is 0.483 e. The van der Waals surface area contributed by atoms with Crippen molar-refractivity contribution in [3.05, 3.63) is 99.0 Å². The van der Waals surface area contributed by atoms with E-state index in [1.54, 1.807) is 23.1 Å². The highest BCUT2D eigenvalue weighted by Crippen LogP contribution is 2.28. The van der Waals surface area contributed by atoms with E-state index in [-0.39, 0.29) is 31.0 Å². The average Bonchev–Trinajstić information content (AvgIpc) is 2.92. The Balaban J connectivity index is 1.65. The number of halogens is 2. The van der Waals surface area contributed by atoms with Gasteiger partial charge in [0.2, 0.25) is 5.91 Å². The molecule has 206 valence electrons. The van der Waals surface area contributed by atoms with E-state index in [4.69, 9.17) is 27.9 Å². The molecule has 0 saturated heterocycles. The second-order valence-corrected chi connectivity index (χ2v) is 11.1. The van der Waals surface area contributed by atoms with Crippen molar-refractivity contribution in [2.24, 2.45) is 0 Å². The average molecular weight is 568 g/mol. The van der Waals surface area contributed by atoms with Crippen molar-refractivity contribution in [2.75, 3.05) is 6.61 Å². The maximum Gasteiger partial charge on any atom is 0.261 e. The van der Waals surface area contributed by atoms with E-state index in [2.05, 4.69) is 5.32 Å². The first-order valence-electron chi connectivity index (χ1n) is 13.6. The van der Waals surface area contributed by atoms with Gasteiger partial charge in [0, 0.05) is 34.6 Å². The molecule has 0 aromatic heterocycles. The van der Waals surface area contributed by atoms with Gasteiger partial charge in [0.05, 0.1) is 0 Å². The van der Waals surface area contributed by atoms with Crippen LogP contribution < -0.4 is 10.1 Å². The Morgan fingerprint density at radius 1 is 0.949 bits per heavy atom. The van der Waals surface area contributed by atoms with Crippen LogP contribution in [-0.4, -0.2) is 35.4 Å². The predicted molar refractivity (Wildman–Crippen MR) is 157 cm³/mol. The molecule has 1 aliphatic carbocycles. The Morgan fingerprint density at radius 3 is 2.31 bits per heavy atom. The normalized spacial score (nSPS) is 14.5. The van der Waals surface area contributed by atoms with Crippen molar-refractivity contribution in [1.82, 2.24) is 10.2 Å². The van der Waals surface area contributed by atoms with Crippen LogP contribution in [0, 0.1) is 13.8 Å². The molecule has 3 aromatic carbocycles. The minimum Gasteiger partial charge on any atom is -0.483 e. The van der Waals surface area contributed by atoms with Crippen LogP contribution in [0.3, 0.4) is 0 Å². The topological polar surface area (TPSA) is 58.6 Å². The first-order chi connectivity index (χ1) is 18.8. The summed E-state index contributed by atoms with van der Waals surface area (Å²) < 4.78 is 5.97. The lowest BCUT2D eigenvalue weighted by Gasteiger charge is -2.33. The molecule has 1 atom stereocenters. The zero-order chi connectivity index (χ0) is 27.8. The number of amides is 2. The number of ether oxygens (including phenoxy) is 1. The SMILES string of the molecule is Cc1ccc(OCC(=O)N(Cc2c(Cl)cccc2Cl)[C@@H](Cc2ccccc2)C(=O)NC2CCCCC2)c(C)c1. The van der Waals surface area contributed by atoms with Crippen molar-refractivity contribution in [3.8, 4) is 5.75 Å². The van der Waals surface area contributed by atoms with Crippen molar-refractivity contribution >= 4 is 35.0 Å². The summed E-state index contributed by atoms with van der Waals surface area (Å²) in [6.45, 7) is 3.83. The molecule has 0 bridgehead atoms. The molecular formula is C32H36Cl2N2O3. The standard InChI is InChI=1S/C32H36Cl2N2O3/c1-22-16-17-30(23(2)18-22)39-21-31(37)36(20-26-27(33)14-9-15-28(26)34)29(19-24-10-5-3-6-11-24)32(38)35-25-12-7-4-8-13-25/h3,5-6,9-11,14-18,25,29H,4,7-8,12-13,19-21H2,1-2H3,(H,35,38)/t29-/m0/s1. The van der Waals surface area contributed by atoms with E-state index in [9.17, 15) is 9.59 Å². The quantitative estimate of drug-likeness (QED) is 0.285. The molecular weight excluding hydrogens is 531 g/mol. The predicted octanol–water partition coefficient (Wildman–Crippen LogP) is 7.08. The lowest BCUT2D eigenvalue weighted by atomic mass is 9.94. The highest BCUT2D eigenvalue weighted by molar-refractivity contribution is 6.36. The minimum absolute atomic E-state index is 0.0865. The van der Waals surface area contributed by atoms with Crippen LogP contribution in [0.4, 0.5) is 0 Å². The Bertz CT molecular complexity index is 1260. The van der Waals surface area contributed by atoms with Crippen LogP contribution in [0.5, 0.6) is 5.75 Å². The number of nitrogens with zero attached hydrogens (tertiary/aromatic N) is 1. The maximum absolute atomic E-state index is 13.9. The Morgan fingerprint density at radius 2 is 1.64 bits per heavy atom. The molecule has 0 spiro atoms. The highest BCUT2D eigenvalue weighted by Gasteiger charge is 2.33. The third-order valence-electron chi connectivity index (χ3n) is 7.29. The van der Waals surface area contributed by atoms with Crippen molar-refractivity contribution in [1.29, 1.82) is 0 Å². The van der Waals surface area contributed by atoms with Crippen LogP contribution in [-0.2, 0) is 22.6 Å². The molecule has 5 nitrogen and oxygen atoms in total. The van der Waals surface area contributed by atoms with Crippen LogP contribution in [0.2, 0.25) is 10.0 Å². The maximum atomic E-state index is 13.9. The van der Waals surface area contributed by atoms with Gasteiger partial charge in [-0.15, -0.1) is 0 Å². The molecule has 39 heavy (non-hydrogen) atoms. The van der Waals surface area contributed by atoms with Crippen molar-refractivity contribution in [2.45, 2.75) is 71.0 Å². The molecule has 2 amide bonds. The number of rotatable bonds is 10. The minimum atomic E-state index is -0.767. The molecule has 1 saturated carbocycles. The molecule has 0 aliphatic heterocycles. The number of nitrogens with one attached hydrogen (secondary N) is 1. The molecule has 7 heteroatoms. The van der Waals surface area contributed by atoms with E-state index in [1.165, 1.54) is 6.42 Å². The molecule has 1 aliphatic rings.